The second-order valence-corrected chi connectivity index (χ2v) is 3.30. The molecule has 3 N–H and O–H groups in total. The van der Waals surface area contributed by atoms with Crippen molar-refractivity contribution in [1.29, 1.82) is 0 Å². The predicted molar refractivity (Wildman–Crippen MR) is 52.0 cm³/mol. The van der Waals surface area contributed by atoms with Gasteiger partial charge < -0.3 is 5.73 Å². The van der Waals surface area contributed by atoms with Crippen LogP contribution in [0.25, 0.3) is 0 Å². The number of nitrogens with zero attached hydrogens (tertiary/aromatic N) is 3. The average Bonchev–Trinajstić information content (AvgIpc) is 2.49. The number of carbonyl (C=O) groups is 1. The summed E-state index contributed by atoms with van der Waals surface area (Å²) >= 11 is 0. The molecule has 14 heavy (non-hydrogen) atoms. The van der Waals surface area contributed by atoms with Crippen LogP contribution in [-0.2, 0) is 11.8 Å². The minimum Gasteiger partial charge on any atom is -0.316 e. The van der Waals surface area contributed by atoms with Crippen LogP contribution in [0.1, 0.15) is 11.6 Å². The molecule has 0 spiro atoms. The van der Waals surface area contributed by atoms with Gasteiger partial charge in [-0.2, -0.15) is 5.10 Å². The first-order valence-corrected chi connectivity index (χ1v) is 4.22. The maximum atomic E-state index is 11.4. The molecule has 0 aliphatic heterocycles. The molecule has 0 bridgehead atoms. The molecular weight excluding hydrogens is 182 g/mol. The summed E-state index contributed by atoms with van der Waals surface area (Å²) in [5.41, 5.74) is 8.99. The Bertz CT molecular complexity index is 319. The fraction of sp³-hybridized carbons (Fsp3) is 0.500. The lowest BCUT2D eigenvalue weighted by Gasteiger charge is -2.15. The van der Waals surface area contributed by atoms with E-state index in [-0.39, 0.29) is 5.91 Å². The van der Waals surface area contributed by atoms with Gasteiger partial charge in [-0.05, 0) is 0 Å². The Balaban J connectivity index is 2.65. The van der Waals surface area contributed by atoms with Gasteiger partial charge in [-0.15, -0.1) is 0 Å². The lowest BCUT2D eigenvalue weighted by molar-refractivity contribution is -0.126. The molecule has 6 nitrogen and oxygen atoms in total. The van der Waals surface area contributed by atoms with Gasteiger partial charge in [-0.25, -0.2) is 5.01 Å². The summed E-state index contributed by atoms with van der Waals surface area (Å²) in [4.78, 5) is 11.4. The van der Waals surface area contributed by atoms with Crippen molar-refractivity contribution in [2.75, 3.05) is 14.1 Å². The van der Waals surface area contributed by atoms with Gasteiger partial charge in [-0.3, -0.25) is 14.9 Å². The Morgan fingerprint density at radius 2 is 2.36 bits per heavy atom. The van der Waals surface area contributed by atoms with Crippen LogP contribution >= 0.6 is 0 Å². The Hall–Kier alpha value is -1.40. The molecule has 0 aromatic carbocycles. The Morgan fingerprint density at radius 3 is 2.79 bits per heavy atom. The van der Waals surface area contributed by atoms with Gasteiger partial charge in [0.2, 0.25) is 0 Å². The fourth-order valence-electron chi connectivity index (χ4n) is 1.04. The maximum Gasteiger partial charge on any atom is 0.255 e. The number of aryl methyl sites for hydroxylation is 1. The van der Waals surface area contributed by atoms with Crippen molar-refractivity contribution in [1.82, 2.24) is 20.2 Å². The molecule has 0 aliphatic rings. The Labute approximate surface area is 82.6 Å². The number of hydrazine groups is 1. The minimum absolute atomic E-state index is 0.247. The standard InChI is InChI=1S/C8H15N5O/c1-12(2)11-8(14)7(9)6-4-10-13(3)5-6/h4-5,7H,9H2,1-3H3,(H,11,14). The normalized spacial score (nSPS) is 12.9. The second kappa shape index (κ2) is 4.21. The molecule has 1 aromatic rings. The lowest BCUT2D eigenvalue weighted by Crippen LogP contribution is -2.41. The van der Waals surface area contributed by atoms with E-state index in [1.807, 2.05) is 0 Å². The zero-order valence-electron chi connectivity index (χ0n) is 8.56. The van der Waals surface area contributed by atoms with Crippen molar-refractivity contribution in [3.8, 4) is 0 Å². The highest BCUT2D eigenvalue weighted by atomic mass is 16.2. The zero-order valence-corrected chi connectivity index (χ0v) is 8.56. The van der Waals surface area contributed by atoms with E-state index in [0.717, 1.165) is 0 Å². The maximum absolute atomic E-state index is 11.4. The van der Waals surface area contributed by atoms with Crippen molar-refractivity contribution >= 4 is 5.91 Å². The number of aromatic nitrogens is 2. The molecule has 1 rings (SSSR count). The van der Waals surface area contributed by atoms with Gasteiger partial charge >= 0.3 is 0 Å². The lowest BCUT2D eigenvalue weighted by atomic mass is 10.2. The molecule has 6 heteroatoms. The molecule has 0 aliphatic carbocycles. The van der Waals surface area contributed by atoms with Gasteiger partial charge in [0.1, 0.15) is 6.04 Å². The second-order valence-electron chi connectivity index (χ2n) is 3.30. The third-order valence-corrected chi connectivity index (χ3v) is 1.70. The molecule has 0 saturated heterocycles. The number of rotatable bonds is 3. The van der Waals surface area contributed by atoms with E-state index >= 15 is 0 Å². The van der Waals surface area contributed by atoms with Crippen LogP contribution in [0.5, 0.6) is 0 Å². The van der Waals surface area contributed by atoms with E-state index in [1.54, 1.807) is 43.2 Å². The highest BCUT2D eigenvalue weighted by Crippen LogP contribution is 2.07. The number of hydrogen-bond donors (Lipinski definition) is 2. The van der Waals surface area contributed by atoms with E-state index in [9.17, 15) is 4.79 Å². The van der Waals surface area contributed by atoms with E-state index in [2.05, 4.69) is 10.5 Å². The molecule has 1 heterocycles. The van der Waals surface area contributed by atoms with Crippen LogP contribution in [0.4, 0.5) is 0 Å². The van der Waals surface area contributed by atoms with Crippen LogP contribution in [0.2, 0.25) is 0 Å². The van der Waals surface area contributed by atoms with Crippen LogP contribution in [0.15, 0.2) is 12.4 Å². The van der Waals surface area contributed by atoms with Gasteiger partial charge in [-0.1, -0.05) is 0 Å². The van der Waals surface area contributed by atoms with Crippen molar-refractivity contribution in [2.45, 2.75) is 6.04 Å². The van der Waals surface area contributed by atoms with Crippen molar-refractivity contribution < 1.29 is 4.79 Å². The van der Waals surface area contributed by atoms with Crippen molar-refractivity contribution in [2.24, 2.45) is 12.8 Å². The number of amides is 1. The summed E-state index contributed by atoms with van der Waals surface area (Å²) in [6, 6.07) is -0.675. The first-order chi connectivity index (χ1) is 6.50. The van der Waals surface area contributed by atoms with Crippen molar-refractivity contribution in [3.05, 3.63) is 18.0 Å². The topological polar surface area (TPSA) is 76.2 Å². The molecule has 78 valence electrons. The third-order valence-electron chi connectivity index (χ3n) is 1.70. The quantitative estimate of drug-likeness (QED) is 0.610. The molecule has 1 unspecified atom stereocenters. The van der Waals surface area contributed by atoms with E-state index in [1.165, 1.54) is 0 Å². The van der Waals surface area contributed by atoms with Crippen LogP contribution in [0.3, 0.4) is 0 Å². The van der Waals surface area contributed by atoms with E-state index < -0.39 is 6.04 Å². The van der Waals surface area contributed by atoms with E-state index in [4.69, 9.17) is 5.73 Å². The monoisotopic (exact) mass is 197 g/mol. The summed E-state index contributed by atoms with van der Waals surface area (Å²) in [5, 5.41) is 5.50. The molecule has 0 fully saturated rings. The zero-order chi connectivity index (χ0) is 10.7. The summed E-state index contributed by atoms with van der Waals surface area (Å²) < 4.78 is 1.61. The van der Waals surface area contributed by atoms with Gasteiger partial charge in [0, 0.05) is 32.9 Å². The fourth-order valence-corrected chi connectivity index (χ4v) is 1.04. The van der Waals surface area contributed by atoms with Crippen LogP contribution < -0.4 is 11.2 Å². The first-order valence-electron chi connectivity index (χ1n) is 4.22. The summed E-state index contributed by atoms with van der Waals surface area (Å²) in [7, 11) is 5.24. The van der Waals surface area contributed by atoms with Gasteiger partial charge in [0.05, 0.1) is 6.20 Å². The van der Waals surface area contributed by atoms with E-state index in [0.29, 0.717) is 5.56 Å². The molecule has 0 saturated carbocycles. The van der Waals surface area contributed by atoms with Crippen LogP contribution in [-0.4, -0.2) is 34.8 Å². The highest BCUT2D eigenvalue weighted by molar-refractivity contribution is 5.82. The van der Waals surface area contributed by atoms with Crippen molar-refractivity contribution in [3.63, 3.8) is 0 Å². The number of nitrogens with one attached hydrogen (secondary N) is 1. The number of nitrogens with two attached hydrogens (primary N) is 1. The highest BCUT2D eigenvalue weighted by Gasteiger charge is 2.17. The molecule has 1 aromatic heterocycles. The predicted octanol–water partition coefficient (Wildman–Crippen LogP) is -0.987. The van der Waals surface area contributed by atoms with Gasteiger partial charge in [0.25, 0.3) is 5.91 Å². The average molecular weight is 197 g/mol. The Kier molecular flexibility index (Phi) is 3.21. The molecule has 0 radical (unpaired) electrons. The number of carbonyl (C=O) groups excluding carboxylic acids is 1. The summed E-state index contributed by atoms with van der Waals surface area (Å²) in [6.45, 7) is 0. The first kappa shape index (κ1) is 10.7. The smallest absolute Gasteiger partial charge is 0.255 e. The molecule has 1 amide bonds. The minimum atomic E-state index is -0.675. The molecular formula is C8H15N5O. The summed E-state index contributed by atoms with van der Waals surface area (Å²) in [6.07, 6.45) is 3.31. The molecule has 1 atom stereocenters. The van der Waals surface area contributed by atoms with Gasteiger partial charge in [0.15, 0.2) is 0 Å². The number of hydrogen-bond acceptors (Lipinski definition) is 4. The largest absolute Gasteiger partial charge is 0.316 e. The third kappa shape index (κ3) is 2.54. The Morgan fingerprint density at radius 1 is 1.71 bits per heavy atom. The van der Waals surface area contributed by atoms with Crippen LogP contribution in [0, 0.1) is 0 Å². The summed E-state index contributed by atoms with van der Waals surface area (Å²) in [5.74, 6) is -0.247. The SMILES string of the molecule is CN(C)NC(=O)C(N)c1cnn(C)c1.